The van der Waals surface area contributed by atoms with Crippen LogP contribution >= 0.6 is 0 Å². The van der Waals surface area contributed by atoms with E-state index in [1.807, 2.05) is 0 Å². The molecule has 4 heterocycles. The Morgan fingerprint density at radius 1 is 0.160 bits per heavy atom. The van der Waals surface area contributed by atoms with E-state index >= 15 is 0 Å². The van der Waals surface area contributed by atoms with Gasteiger partial charge < -0.3 is 0 Å². The van der Waals surface area contributed by atoms with Crippen molar-refractivity contribution in [3.8, 4) is 0 Å². The van der Waals surface area contributed by atoms with E-state index in [-0.39, 0.29) is 0 Å². The number of fused-ring (bicyclic) bond motifs is 8. The molecule has 4 aromatic heterocycles. The van der Waals surface area contributed by atoms with Gasteiger partial charge >= 0.3 is 0 Å². The summed E-state index contributed by atoms with van der Waals surface area (Å²) in [7, 11) is 0. The molecule has 8 heteroatoms. The van der Waals surface area contributed by atoms with Crippen LogP contribution in [0.25, 0.3) is 119 Å². The Morgan fingerprint density at radius 3 is 0.600 bits per heavy atom. The smallest absolute Gasteiger partial charge is 0.138 e. The first-order valence-electron chi connectivity index (χ1n) is 33.9. The fourth-order valence-electron chi connectivity index (χ4n) is 15.2. The summed E-state index contributed by atoms with van der Waals surface area (Å²) in [5.74, 6) is 3.08. The maximum Gasteiger partial charge on any atom is 0.138 e. The van der Waals surface area contributed by atoms with E-state index in [0.717, 1.165) is 188 Å². The molecule has 0 bridgehead atoms. The van der Waals surface area contributed by atoms with Gasteiger partial charge in [0, 0.05) is 76.6 Å². The van der Waals surface area contributed by atoms with Crippen LogP contribution in [0.5, 0.6) is 0 Å². The maximum atomic E-state index is 5.64. The Hall–Kier alpha value is -13.6. The van der Waals surface area contributed by atoms with E-state index < -0.39 is 0 Å². The molecular weight excluding hydrogens is 1220 g/mol. The summed E-state index contributed by atoms with van der Waals surface area (Å²) in [5.41, 5.74) is 11.1. The SMILES string of the molecule is c1ccc2cc(N(c3ccc4ccccc4n3)c3cc(N(c4ccc5ccccc5c4)c4ccc5ccccc5n4)c4ccc5c(N(c6ccc7ccccc7c6)c6ccc7ccccc7n6)cc(N(c6ccc7ccccc7c6)c6ccc7ccccc7n6)c6ccc3c4c65)ccc2c1. The molecule has 0 unspecified atom stereocenters. The van der Waals surface area contributed by atoms with Gasteiger partial charge in [0.15, 0.2) is 0 Å². The monoisotopic (exact) mass is 1270 g/mol. The molecule has 466 valence electrons. The zero-order valence-corrected chi connectivity index (χ0v) is 54.1. The van der Waals surface area contributed by atoms with Gasteiger partial charge in [-0.25, -0.2) is 19.9 Å². The van der Waals surface area contributed by atoms with Crippen molar-refractivity contribution < 1.29 is 0 Å². The lowest BCUT2D eigenvalue weighted by Crippen LogP contribution is -2.17. The van der Waals surface area contributed by atoms with Crippen LogP contribution in [0.15, 0.2) is 352 Å². The van der Waals surface area contributed by atoms with Crippen molar-refractivity contribution in [2.75, 3.05) is 19.6 Å². The van der Waals surface area contributed by atoms with E-state index in [4.69, 9.17) is 19.9 Å². The number of benzene rings is 16. The second-order valence-corrected chi connectivity index (χ2v) is 25.8. The summed E-state index contributed by atoms with van der Waals surface area (Å²) >= 11 is 0. The number of pyridine rings is 4. The summed E-state index contributed by atoms with van der Waals surface area (Å²) in [6, 6.07) is 127. The zero-order valence-electron chi connectivity index (χ0n) is 54.1. The average molecular weight is 1280 g/mol. The fourth-order valence-corrected chi connectivity index (χ4v) is 15.2. The first-order valence-corrected chi connectivity index (χ1v) is 33.9. The zero-order chi connectivity index (χ0) is 65.8. The van der Waals surface area contributed by atoms with E-state index in [9.17, 15) is 0 Å². The Kier molecular flexibility index (Phi) is 13.1. The van der Waals surface area contributed by atoms with Gasteiger partial charge in [-0.15, -0.1) is 0 Å². The molecule has 16 aromatic carbocycles. The van der Waals surface area contributed by atoms with Crippen LogP contribution in [0.3, 0.4) is 0 Å². The minimum Gasteiger partial charge on any atom is -0.294 e. The van der Waals surface area contributed by atoms with Gasteiger partial charge in [-0.1, -0.05) is 218 Å². The Morgan fingerprint density at radius 2 is 0.360 bits per heavy atom. The third kappa shape index (κ3) is 9.52. The summed E-state index contributed by atoms with van der Waals surface area (Å²) in [4.78, 5) is 32.1. The van der Waals surface area contributed by atoms with Gasteiger partial charge in [0.25, 0.3) is 0 Å². The molecule has 20 rings (SSSR count). The molecule has 0 amide bonds. The minimum absolute atomic E-state index is 0.771. The van der Waals surface area contributed by atoms with Gasteiger partial charge in [-0.2, -0.15) is 0 Å². The Balaban J connectivity index is 0.978. The highest BCUT2D eigenvalue weighted by molar-refractivity contribution is 6.33. The van der Waals surface area contributed by atoms with Gasteiger partial charge in [0.1, 0.15) is 23.3 Å². The van der Waals surface area contributed by atoms with Crippen LogP contribution in [-0.4, -0.2) is 19.9 Å². The lowest BCUT2D eigenvalue weighted by atomic mass is 9.89. The highest BCUT2D eigenvalue weighted by Crippen LogP contribution is 2.55. The third-order valence-electron chi connectivity index (χ3n) is 20.0. The second kappa shape index (κ2) is 23.1. The predicted octanol–water partition coefficient (Wildman–Crippen LogP) is 25.3. The molecule has 0 N–H and O–H groups in total. The summed E-state index contributed by atoms with van der Waals surface area (Å²) < 4.78 is 0. The van der Waals surface area contributed by atoms with Gasteiger partial charge in [-0.05, 0) is 177 Å². The summed E-state index contributed by atoms with van der Waals surface area (Å²) in [6.07, 6.45) is 0. The normalized spacial score (nSPS) is 11.8. The molecule has 8 nitrogen and oxygen atoms in total. The molecular formula is C92H58N8. The molecule has 0 saturated carbocycles. The van der Waals surface area contributed by atoms with E-state index in [2.05, 4.69) is 371 Å². The second-order valence-electron chi connectivity index (χ2n) is 25.8. The first-order chi connectivity index (χ1) is 49.5. The maximum absolute atomic E-state index is 5.64. The van der Waals surface area contributed by atoms with Crippen molar-refractivity contribution in [3.63, 3.8) is 0 Å². The van der Waals surface area contributed by atoms with Crippen LogP contribution < -0.4 is 19.6 Å². The van der Waals surface area contributed by atoms with E-state index in [1.165, 1.54) is 0 Å². The topological polar surface area (TPSA) is 64.5 Å². The standard InChI is InChI=1S/C92H58N8/c1-5-25-67-53-71(41-33-59(67)17-1)97(87-49-37-63-21-9-13-29-79(63)93-87)83-57-84(98(72-42-34-60-18-2-6-26-68(60)54-72)88-50-38-64-22-10-14-30-80(64)94-88)76-47-48-78-86(100(74-44-36-62-20-4-8-28-70(62)56-74)90-52-40-66-24-12-16-32-82(66)96-90)58-85(77-46-45-75(83)91(76)92(77)78)99(73-43-35-61-19-3-7-27-69(61)55-73)89-51-39-65-23-11-15-31-81(65)95-89/h1-58H. The van der Waals surface area contributed by atoms with Crippen molar-refractivity contribution in [1.82, 2.24) is 19.9 Å². The van der Waals surface area contributed by atoms with Gasteiger partial charge in [-0.3, -0.25) is 19.6 Å². The lowest BCUT2D eigenvalue weighted by molar-refractivity contribution is 1.20. The predicted molar refractivity (Wildman–Crippen MR) is 420 cm³/mol. The van der Waals surface area contributed by atoms with Crippen LogP contribution in [0.2, 0.25) is 0 Å². The Labute approximate surface area is 575 Å². The molecule has 0 spiro atoms. The summed E-state index contributed by atoms with van der Waals surface area (Å²) in [6.45, 7) is 0. The van der Waals surface area contributed by atoms with Crippen LogP contribution in [0.4, 0.5) is 68.8 Å². The average Bonchev–Trinajstić information content (AvgIpc) is 0.698. The highest BCUT2D eigenvalue weighted by atomic mass is 15.2. The van der Waals surface area contributed by atoms with Crippen molar-refractivity contribution in [1.29, 1.82) is 0 Å². The molecule has 0 radical (unpaired) electrons. The number of aromatic nitrogens is 4. The van der Waals surface area contributed by atoms with Crippen LogP contribution in [0.1, 0.15) is 0 Å². The highest BCUT2D eigenvalue weighted by Gasteiger charge is 2.31. The van der Waals surface area contributed by atoms with Crippen molar-refractivity contribution in [2.45, 2.75) is 0 Å². The third-order valence-corrected chi connectivity index (χ3v) is 20.0. The van der Waals surface area contributed by atoms with Crippen LogP contribution in [0, 0.1) is 0 Å². The molecule has 0 fully saturated rings. The molecule has 100 heavy (non-hydrogen) atoms. The number of anilines is 12. The van der Waals surface area contributed by atoms with E-state index in [0.29, 0.717) is 0 Å². The van der Waals surface area contributed by atoms with Crippen LogP contribution in [-0.2, 0) is 0 Å². The number of para-hydroxylation sites is 4. The molecule has 0 aliphatic rings. The number of hydrogen-bond acceptors (Lipinski definition) is 8. The summed E-state index contributed by atoms with van der Waals surface area (Å²) in [5, 5.41) is 19.5. The number of hydrogen-bond donors (Lipinski definition) is 0. The quantitative estimate of drug-likeness (QED) is 0.112. The fraction of sp³-hybridized carbons (Fsp3) is 0. The van der Waals surface area contributed by atoms with E-state index in [1.54, 1.807) is 0 Å². The number of nitrogens with zero attached hydrogens (tertiary/aromatic N) is 8. The minimum atomic E-state index is 0.771. The molecule has 0 aliphatic heterocycles. The number of rotatable bonds is 12. The molecule has 0 saturated heterocycles. The van der Waals surface area contributed by atoms with Crippen molar-refractivity contribution in [3.05, 3.63) is 352 Å². The van der Waals surface area contributed by atoms with Gasteiger partial charge in [0.2, 0.25) is 0 Å². The lowest BCUT2D eigenvalue weighted by Gasteiger charge is -2.34. The largest absolute Gasteiger partial charge is 0.294 e. The molecule has 20 aromatic rings. The Bertz CT molecular complexity index is 5570. The van der Waals surface area contributed by atoms with Crippen molar-refractivity contribution in [2.24, 2.45) is 0 Å². The molecule has 0 aliphatic carbocycles. The first kappa shape index (κ1) is 56.8. The molecule has 0 atom stereocenters. The van der Waals surface area contributed by atoms with Crippen molar-refractivity contribution >= 4 is 188 Å². The van der Waals surface area contributed by atoms with Gasteiger partial charge in [0.05, 0.1) is 44.8 Å².